The van der Waals surface area contributed by atoms with Crippen molar-refractivity contribution in [2.45, 2.75) is 6.54 Å². The smallest absolute Gasteiger partial charge is 0.262 e. The first kappa shape index (κ1) is 16.2. The summed E-state index contributed by atoms with van der Waals surface area (Å²) in [6.45, 7) is 0.182. The molecule has 0 fully saturated rings. The van der Waals surface area contributed by atoms with Crippen LogP contribution in [0.2, 0.25) is 0 Å². The van der Waals surface area contributed by atoms with Crippen LogP contribution in [0.25, 0.3) is 17.3 Å². The first-order valence-electron chi connectivity index (χ1n) is 7.39. The summed E-state index contributed by atoms with van der Waals surface area (Å²) < 4.78 is 18.2. The van der Waals surface area contributed by atoms with Gasteiger partial charge in [0.1, 0.15) is 23.2 Å². The molecule has 3 rings (SSSR count). The van der Waals surface area contributed by atoms with E-state index in [0.717, 1.165) is 0 Å². The zero-order valence-corrected chi connectivity index (χ0v) is 13.0. The van der Waals surface area contributed by atoms with E-state index in [1.165, 1.54) is 30.7 Å². The van der Waals surface area contributed by atoms with Crippen molar-refractivity contribution in [2.75, 3.05) is 0 Å². The minimum absolute atomic E-state index is 0.0729. The van der Waals surface area contributed by atoms with Gasteiger partial charge in [0.2, 0.25) is 0 Å². The van der Waals surface area contributed by atoms with E-state index in [-0.39, 0.29) is 17.9 Å². The van der Waals surface area contributed by atoms with Crippen LogP contribution in [0.5, 0.6) is 0 Å². The molecule has 1 aromatic carbocycles. The number of aromatic nitrogens is 2. The van der Waals surface area contributed by atoms with E-state index in [9.17, 15) is 14.4 Å². The van der Waals surface area contributed by atoms with Crippen LogP contribution in [-0.2, 0) is 11.3 Å². The summed E-state index contributed by atoms with van der Waals surface area (Å²) >= 11 is 0. The molecule has 124 valence electrons. The van der Waals surface area contributed by atoms with Gasteiger partial charge in [-0.05, 0) is 42.5 Å². The van der Waals surface area contributed by atoms with Crippen molar-refractivity contribution in [3.05, 3.63) is 71.6 Å². The Morgan fingerprint density at radius 2 is 2.16 bits per heavy atom. The molecule has 0 radical (unpaired) electrons. The van der Waals surface area contributed by atoms with Gasteiger partial charge >= 0.3 is 0 Å². The van der Waals surface area contributed by atoms with Gasteiger partial charge in [-0.25, -0.2) is 4.39 Å². The van der Waals surface area contributed by atoms with Crippen LogP contribution in [0.3, 0.4) is 0 Å². The average molecular weight is 336 g/mol. The first-order valence-corrected chi connectivity index (χ1v) is 7.39. The number of carbonyl (C=O) groups excluding carboxylic acids is 1. The Bertz CT molecular complexity index is 934. The highest BCUT2D eigenvalue weighted by molar-refractivity contribution is 6.02. The van der Waals surface area contributed by atoms with Crippen molar-refractivity contribution in [1.29, 1.82) is 5.26 Å². The summed E-state index contributed by atoms with van der Waals surface area (Å²) in [7, 11) is 0. The Kier molecular flexibility index (Phi) is 4.72. The van der Waals surface area contributed by atoms with Crippen molar-refractivity contribution in [2.24, 2.45) is 0 Å². The highest BCUT2D eigenvalue weighted by Crippen LogP contribution is 2.23. The van der Waals surface area contributed by atoms with Gasteiger partial charge in [0, 0.05) is 11.1 Å². The fourth-order valence-electron chi connectivity index (χ4n) is 2.23. The second-order valence-corrected chi connectivity index (χ2v) is 5.14. The summed E-state index contributed by atoms with van der Waals surface area (Å²) in [5.74, 6) is -0.290. The molecule has 6 nitrogen and oxygen atoms in total. The average Bonchev–Trinajstić information content (AvgIpc) is 3.30. The lowest BCUT2D eigenvalue weighted by molar-refractivity contribution is -0.117. The number of hydrogen-bond donors (Lipinski definition) is 2. The van der Waals surface area contributed by atoms with E-state index < -0.39 is 5.91 Å². The minimum Gasteiger partial charge on any atom is -0.467 e. The summed E-state index contributed by atoms with van der Waals surface area (Å²) in [6.07, 6.45) is 4.43. The number of amides is 1. The number of nitrogens with zero attached hydrogens (tertiary/aromatic N) is 2. The van der Waals surface area contributed by atoms with Gasteiger partial charge in [0.15, 0.2) is 0 Å². The third-order valence-electron chi connectivity index (χ3n) is 3.47. The monoisotopic (exact) mass is 336 g/mol. The molecule has 0 unspecified atom stereocenters. The molecule has 2 N–H and O–H groups in total. The largest absolute Gasteiger partial charge is 0.467 e. The lowest BCUT2D eigenvalue weighted by Gasteiger charge is -2.03. The maximum atomic E-state index is 13.1. The fourth-order valence-corrected chi connectivity index (χ4v) is 2.23. The maximum absolute atomic E-state index is 13.1. The van der Waals surface area contributed by atoms with E-state index in [1.54, 1.807) is 24.3 Å². The number of nitrogens with one attached hydrogen (secondary N) is 2. The zero-order valence-electron chi connectivity index (χ0n) is 13.0. The Morgan fingerprint density at radius 1 is 1.36 bits per heavy atom. The molecular weight excluding hydrogens is 323 g/mol. The van der Waals surface area contributed by atoms with Gasteiger partial charge in [-0.3, -0.25) is 9.89 Å². The molecule has 2 aromatic heterocycles. The molecule has 25 heavy (non-hydrogen) atoms. The molecule has 0 saturated carbocycles. The second kappa shape index (κ2) is 7.27. The number of rotatable bonds is 5. The van der Waals surface area contributed by atoms with Crippen LogP contribution >= 0.6 is 0 Å². The molecule has 0 saturated heterocycles. The highest BCUT2D eigenvalue weighted by atomic mass is 19.1. The van der Waals surface area contributed by atoms with Gasteiger partial charge in [-0.1, -0.05) is 0 Å². The number of benzene rings is 1. The van der Waals surface area contributed by atoms with Crippen LogP contribution in [-0.4, -0.2) is 16.1 Å². The van der Waals surface area contributed by atoms with E-state index >= 15 is 0 Å². The highest BCUT2D eigenvalue weighted by Gasteiger charge is 2.13. The van der Waals surface area contributed by atoms with Crippen LogP contribution in [0.1, 0.15) is 11.3 Å². The number of nitriles is 1. The summed E-state index contributed by atoms with van der Waals surface area (Å²) in [4.78, 5) is 12.2. The molecule has 2 heterocycles. The SMILES string of the molecule is N#C/C(=C\c1cn[nH]c1-c1ccc(F)cc1)C(=O)NCc1ccco1. The van der Waals surface area contributed by atoms with Gasteiger partial charge in [0.25, 0.3) is 5.91 Å². The number of furan rings is 1. The molecule has 7 heteroatoms. The first-order chi connectivity index (χ1) is 12.2. The molecule has 0 aliphatic heterocycles. The van der Waals surface area contributed by atoms with E-state index in [1.807, 2.05) is 6.07 Å². The quantitative estimate of drug-likeness (QED) is 0.553. The van der Waals surface area contributed by atoms with Crippen molar-refractivity contribution in [1.82, 2.24) is 15.5 Å². The summed E-state index contributed by atoms with van der Waals surface area (Å²) in [5.41, 5.74) is 1.76. The number of carbonyl (C=O) groups is 1. The lowest BCUT2D eigenvalue weighted by atomic mass is 10.1. The third-order valence-corrected chi connectivity index (χ3v) is 3.47. The third kappa shape index (κ3) is 3.82. The number of hydrogen-bond acceptors (Lipinski definition) is 4. The van der Waals surface area contributed by atoms with Crippen LogP contribution in [0.15, 0.2) is 58.8 Å². The topological polar surface area (TPSA) is 94.7 Å². The normalized spacial score (nSPS) is 11.1. The van der Waals surface area contributed by atoms with Crippen molar-refractivity contribution in [3.8, 4) is 17.3 Å². The van der Waals surface area contributed by atoms with Crippen LogP contribution in [0, 0.1) is 17.1 Å². The van der Waals surface area contributed by atoms with E-state index in [0.29, 0.717) is 22.6 Å². The van der Waals surface area contributed by atoms with Gasteiger partial charge < -0.3 is 9.73 Å². The molecule has 1 amide bonds. The van der Waals surface area contributed by atoms with Crippen LogP contribution < -0.4 is 5.32 Å². The molecule has 0 atom stereocenters. The Hall–Kier alpha value is -3.66. The summed E-state index contributed by atoms with van der Waals surface area (Å²) in [5, 5.41) is 18.6. The zero-order chi connectivity index (χ0) is 17.6. The molecule has 0 aliphatic carbocycles. The predicted molar refractivity (Wildman–Crippen MR) is 88.1 cm³/mol. The summed E-state index contributed by atoms with van der Waals surface area (Å²) in [6, 6.07) is 11.1. The lowest BCUT2D eigenvalue weighted by Crippen LogP contribution is -2.23. The Morgan fingerprint density at radius 3 is 2.84 bits per heavy atom. The molecule has 0 spiro atoms. The molecule has 0 aliphatic rings. The van der Waals surface area contributed by atoms with Crippen molar-refractivity contribution in [3.63, 3.8) is 0 Å². The molecule has 3 aromatic rings. The Balaban J connectivity index is 1.81. The number of H-pyrrole nitrogens is 1. The van der Waals surface area contributed by atoms with E-state index in [4.69, 9.17) is 4.42 Å². The second-order valence-electron chi connectivity index (χ2n) is 5.14. The van der Waals surface area contributed by atoms with Gasteiger partial charge in [-0.2, -0.15) is 10.4 Å². The van der Waals surface area contributed by atoms with Crippen molar-refractivity contribution < 1.29 is 13.6 Å². The molecule has 0 bridgehead atoms. The van der Waals surface area contributed by atoms with Gasteiger partial charge in [0.05, 0.1) is 24.7 Å². The standard InChI is InChI=1S/C18H13FN4O2/c19-15-5-3-12(4-6-15)17-14(10-22-23-17)8-13(9-20)18(24)21-11-16-2-1-7-25-16/h1-8,10H,11H2,(H,21,24)(H,22,23)/b13-8+. The van der Waals surface area contributed by atoms with E-state index in [2.05, 4.69) is 15.5 Å². The van der Waals surface area contributed by atoms with Gasteiger partial charge in [-0.15, -0.1) is 0 Å². The maximum Gasteiger partial charge on any atom is 0.262 e. The van der Waals surface area contributed by atoms with Crippen molar-refractivity contribution >= 4 is 12.0 Å². The predicted octanol–water partition coefficient (Wildman–Crippen LogP) is 3.03. The van der Waals surface area contributed by atoms with Crippen LogP contribution in [0.4, 0.5) is 4.39 Å². The molecular formula is C18H13FN4O2. The minimum atomic E-state index is -0.523. The number of halogens is 1. The Labute approximate surface area is 142 Å². The fraction of sp³-hybridized carbons (Fsp3) is 0.0556. The number of aromatic amines is 1.